The first kappa shape index (κ1) is 16.0. The van der Waals surface area contributed by atoms with Crippen molar-refractivity contribution in [1.82, 2.24) is 19.7 Å². The van der Waals surface area contributed by atoms with Crippen LogP contribution in [0.25, 0.3) is 22.2 Å². The second kappa shape index (κ2) is 6.40. The van der Waals surface area contributed by atoms with Gasteiger partial charge in [0.1, 0.15) is 0 Å². The Morgan fingerprint density at radius 3 is 2.62 bits per heavy atom. The van der Waals surface area contributed by atoms with Gasteiger partial charge in [0.15, 0.2) is 0 Å². The van der Waals surface area contributed by atoms with Crippen LogP contribution in [0.2, 0.25) is 0 Å². The largest absolute Gasteiger partial charge is 0.322 e. The van der Waals surface area contributed by atoms with E-state index in [-0.39, 0.29) is 5.91 Å². The number of aromatic nitrogens is 4. The minimum absolute atomic E-state index is 0.183. The van der Waals surface area contributed by atoms with Crippen LogP contribution in [0, 0.1) is 6.92 Å². The predicted octanol–water partition coefficient (Wildman–Crippen LogP) is 3.59. The zero-order valence-corrected chi connectivity index (χ0v) is 14.5. The van der Waals surface area contributed by atoms with Crippen LogP contribution in [0.3, 0.4) is 0 Å². The molecule has 1 amide bonds. The van der Waals surface area contributed by atoms with Gasteiger partial charge in [-0.1, -0.05) is 18.2 Å². The molecule has 0 bridgehead atoms. The van der Waals surface area contributed by atoms with E-state index in [4.69, 9.17) is 4.98 Å². The highest BCUT2D eigenvalue weighted by molar-refractivity contribution is 6.13. The molecule has 3 aromatic heterocycles. The van der Waals surface area contributed by atoms with Gasteiger partial charge in [0.2, 0.25) is 0 Å². The van der Waals surface area contributed by atoms with E-state index in [1.807, 2.05) is 44.3 Å². The molecule has 4 rings (SSSR count). The smallest absolute Gasteiger partial charge is 0.256 e. The van der Waals surface area contributed by atoms with E-state index in [9.17, 15) is 4.79 Å². The lowest BCUT2D eigenvalue weighted by Crippen LogP contribution is -2.13. The van der Waals surface area contributed by atoms with Gasteiger partial charge in [0.25, 0.3) is 5.91 Å². The van der Waals surface area contributed by atoms with Crippen molar-refractivity contribution in [3.63, 3.8) is 0 Å². The first-order chi connectivity index (χ1) is 12.6. The molecule has 0 aliphatic rings. The maximum atomic E-state index is 12.9. The van der Waals surface area contributed by atoms with Crippen LogP contribution in [-0.2, 0) is 7.05 Å². The first-order valence-corrected chi connectivity index (χ1v) is 8.23. The number of aryl methyl sites for hydroxylation is 1. The molecule has 3 heterocycles. The molecule has 0 unspecified atom stereocenters. The predicted molar refractivity (Wildman–Crippen MR) is 101 cm³/mol. The average Bonchev–Trinajstić information content (AvgIpc) is 3.00. The Kier molecular flexibility index (Phi) is 3.93. The number of benzene rings is 1. The molecular formula is C20H17N5O. The third-order valence-electron chi connectivity index (χ3n) is 4.41. The van der Waals surface area contributed by atoms with Gasteiger partial charge in [-0.2, -0.15) is 5.10 Å². The normalized spacial score (nSPS) is 10.8. The number of pyridine rings is 2. The summed E-state index contributed by atoms with van der Waals surface area (Å²) in [6.45, 7) is 1.98. The Labute approximate surface area is 150 Å². The standard InChI is InChI=1S/C20H17N5O/c1-13-17(12-22-25(13)2)19-11-16(15-5-3-4-6-18(15)24-19)20(26)23-14-7-9-21-10-8-14/h3-12H,1-2H3,(H,21,23,26). The van der Waals surface area contributed by atoms with Crippen molar-refractivity contribution in [3.8, 4) is 11.3 Å². The Hall–Kier alpha value is -3.54. The Bertz CT molecular complexity index is 1100. The SMILES string of the molecule is Cc1c(-c2cc(C(=O)Nc3ccncc3)c3ccccc3n2)cnn1C. The molecule has 0 aliphatic carbocycles. The topological polar surface area (TPSA) is 72.7 Å². The Morgan fingerprint density at radius 1 is 1.12 bits per heavy atom. The fraction of sp³-hybridized carbons (Fsp3) is 0.100. The summed E-state index contributed by atoms with van der Waals surface area (Å²) >= 11 is 0. The number of carbonyl (C=O) groups is 1. The van der Waals surface area contributed by atoms with E-state index < -0.39 is 0 Å². The lowest BCUT2D eigenvalue weighted by molar-refractivity contribution is 0.102. The quantitative estimate of drug-likeness (QED) is 0.617. The molecule has 0 aliphatic heterocycles. The summed E-state index contributed by atoms with van der Waals surface area (Å²) in [7, 11) is 1.89. The molecule has 0 saturated heterocycles. The van der Waals surface area contributed by atoms with E-state index in [2.05, 4.69) is 15.4 Å². The number of fused-ring (bicyclic) bond motifs is 1. The number of carbonyl (C=O) groups excluding carboxylic acids is 1. The minimum Gasteiger partial charge on any atom is -0.322 e. The highest BCUT2D eigenvalue weighted by Gasteiger charge is 2.16. The van der Waals surface area contributed by atoms with Gasteiger partial charge < -0.3 is 5.32 Å². The number of anilines is 1. The highest BCUT2D eigenvalue weighted by Crippen LogP contribution is 2.27. The van der Waals surface area contributed by atoms with Crippen LogP contribution in [-0.4, -0.2) is 25.7 Å². The van der Waals surface area contributed by atoms with Crippen LogP contribution in [0.5, 0.6) is 0 Å². The maximum Gasteiger partial charge on any atom is 0.256 e. The highest BCUT2D eigenvalue weighted by atomic mass is 16.1. The Balaban J connectivity index is 1.85. The summed E-state index contributed by atoms with van der Waals surface area (Å²) < 4.78 is 1.79. The van der Waals surface area contributed by atoms with E-state index in [0.717, 1.165) is 27.9 Å². The van der Waals surface area contributed by atoms with Crippen molar-refractivity contribution >= 4 is 22.5 Å². The van der Waals surface area contributed by atoms with Gasteiger partial charge in [-0.15, -0.1) is 0 Å². The first-order valence-electron chi connectivity index (χ1n) is 8.23. The number of para-hydroxylation sites is 1. The molecule has 0 spiro atoms. The average molecular weight is 343 g/mol. The van der Waals surface area contributed by atoms with Crippen molar-refractivity contribution in [2.45, 2.75) is 6.92 Å². The van der Waals surface area contributed by atoms with E-state index in [1.165, 1.54) is 0 Å². The van der Waals surface area contributed by atoms with Gasteiger partial charge in [0.05, 0.1) is 23.0 Å². The summed E-state index contributed by atoms with van der Waals surface area (Å²) in [5, 5.41) is 8.01. The van der Waals surface area contributed by atoms with Crippen molar-refractivity contribution in [2.75, 3.05) is 5.32 Å². The summed E-state index contributed by atoms with van der Waals surface area (Å²) in [5.41, 5.74) is 4.68. The number of amides is 1. The third-order valence-corrected chi connectivity index (χ3v) is 4.41. The fourth-order valence-corrected chi connectivity index (χ4v) is 2.89. The molecule has 0 saturated carbocycles. The van der Waals surface area contributed by atoms with Gasteiger partial charge in [-0.25, -0.2) is 4.98 Å². The third kappa shape index (κ3) is 2.82. The van der Waals surface area contributed by atoms with Crippen LogP contribution >= 0.6 is 0 Å². The lowest BCUT2D eigenvalue weighted by Gasteiger charge is -2.10. The summed E-state index contributed by atoms with van der Waals surface area (Å²) in [6, 6.07) is 13.0. The number of nitrogens with one attached hydrogen (secondary N) is 1. The second-order valence-corrected chi connectivity index (χ2v) is 6.03. The van der Waals surface area contributed by atoms with Crippen molar-refractivity contribution in [2.24, 2.45) is 7.05 Å². The molecule has 0 radical (unpaired) electrons. The van der Waals surface area contributed by atoms with Crippen LogP contribution < -0.4 is 5.32 Å². The fourth-order valence-electron chi connectivity index (χ4n) is 2.89. The van der Waals surface area contributed by atoms with Crippen molar-refractivity contribution < 1.29 is 4.79 Å². The number of rotatable bonds is 3. The van der Waals surface area contributed by atoms with Gasteiger partial charge in [0, 0.05) is 41.8 Å². The monoisotopic (exact) mass is 343 g/mol. The number of hydrogen-bond donors (Lipinski definition) is 1. The van der Waals surface area contributed by atoms with Crippen LogP contribution in [0.15, 0.2) is 61.1 Å². The molecule has 6 heteroatoms. The van der Waals surface area contributed by atoms with Gasteiger partial charge >= 0.3 is 0 Å². The molecule has 26 heavy (non-hydrogen) atoms. The van der Waals surface area contributed by atoms with Gasteiger partial charge in [-0.05, 0) is 31.2 Å². The zero-order valence-electron chi connectivity index (χ0n) is 14.5. The number of hydrogen-bond acceptors (Lipinski definition) is 4. The molecule has 6 nitrogen and oxygen atoms in total. The molecule has 1 N–H and O–H groups in total. The van der Waals surface area contributed by atoms with E-state index in [0.29, 0.717) is 11.3 Å². The van der Waals surface area contributed by atoms with Crippen molar-refractivity contribution in [3.05, 3.63) is 72.3 Å². The maximum absolute atomic E-state index is 12.9. The van der Waals surface area contributed by atoms with Crippen LogP contribution in [0.4, 0.5) is 5.69 Å². The molecule has 0 fully saturated rings. The second-order valence-electron chi connectivity index (χ2n) is 6.03. The molecule has 4 aromatic rings. The van der Waals surface area contributed by atoms with Gasteiger partial charge in [-0.3, -0.25) is 14.5 Å². The molecule has 0 atom stereocenters. The van der Waals surface area contributed by atoms with E-state index in [1.54, 1.807) is 35.4 Å². The van der Waals surface area contributed by atoms with Crippen LogP contribution in [0.1, 0.15) is 16.1 Å². The van der Waals surface area contributed by atoms with Crippen molar-refractivity contribution in [1.29, 1.82) is 0 Å². The summed E-state index contributed by atoms with van der Waals surface area (Å²) in [4.78, 5) is 21.6. The zero-order chi connectivity index (χ0) is 18.1. The van der Waals surface area contributed by atoms with E-state index >= 15 is 0 Å². The Morgan fingerprint density at radius 2 is 1.88 bits per heavy atom. The molecule has 128 valence electrons. The lowest BCUT2D eigenvalue weighted by atomic mass is 10.0. The minimum atomic E-state index is -0.183. The number of nitrogens with zero attached hydrogens (tertiary/aromatic N) is 4. The molecular weight excluding hydrogens is 326 g/mol. The summed E-state index contributed by atoms with van der Waals surface area (Å²) in [5.74, 6) is -0.183. The summed E-state index contributed by atoms with van der Waals surface area (Å²) in [6.07, 6.45) is 5.06. The molecule has 1 aromatic carbocycles.